The van der Waals surface area contributed by atoms with E-state index in [0.717, 1.165) is 21.4 Å². The number of halogens is 3. The Balaban J connectivity index is 1.78. The molecule has 2 aromatic carbocycles. The van der Waals surface area contributed by atoms with Gasteiger partial charge in [-0.1, -0.05) is 39.1 Å². The summed E-state index contributed by atoms with van der Waals surface area (Å²) in [6.07, 6.45) is -0.792. The number of rotatable bonds is 6. The van der Waals surface area contributed by atoms with Crippen LogP contribution in [0.1, 0.15) is 5.56 Å². The van der Waals surface area contributed by atoms with E-state index in [9.17, 15) is 17.9 Å². The van der Waals surface area contributed by atoms with Crippen molar-refractivity contribution in [3.05, 3.63) is 56.5 Å². The molecule has 0 saturated carbocycles. The number of hydrogen-bond donors (Lipinski definition) is 2. The van der Waals surface area contributed by atoms with E-state index in [4.69, 9.17) is 27.7 Å². The number of aryl methyl sites for hydroxylation is 1. The Morgan fingerprint density at radius 1 is 1.21 bits per heavy atom. The third-order valence-electron chi connectivity index (χ3n) is 3.66. The van der Waals surface area contributed by atoms with Gasteiger partial charge < -0.3 is 9.42 Å². The molecule has 3 rings (SSSR count). The molecular weight excluding hydrogens is 532 g/mol. The predicted octanol–water partition coefficient (Wildman–Crippen LogP) is 5.78. The largest absolute Gasteiger partial charge is 0.424 e. The lowest BCUT2D eigenvalue weighted by Gasteiger charge is -2.14. The summed E-state index contributed by atoms with van der Waals surface area (Å²) in [5.74, 6) is 0.158. The zero-order valence-corrected chi connectivity index (χ0v) is 19.8. The molecule has 0 bridgehead atoms. The summed E-state index contributed by atoms with van der Waals surface area (Å²) in [6.45, 7) is 1.79. The molecule has 0 fully saturated rings. The Morgan fingerprint density at radius 2 is 1.89 bits per heavy atom. The molecule has 1 atom stereocenters. The van der Waals surface area contributed by atoms with Crippen LogP contribution in [0.2, 0.25) is 10.0 Å². The summed E-state index contributed by atoms with van der Waals surface area (Å²) >= 11 is 16.4. The molecule has 2 N–H and O–H groups in total. The van der Waals surface area contributed by atoms with E-state index in [0.29, 0.717) is 20.1 Å². The van der Waals surface area contributed by atoms with Gasteiger partial charge in [0.05, 0.1) is 9.72 Å². The molecule has 1 aromatic heterocycles. The van der Waals surface area contributed by atoms with Crippen LogP contribution in [0, 0.1) is 6.92 Å². The van der Waals surface area contributed by atoms with Crippen molar-refractivity contribution in [2.45, 2.75) is 11.1 Å². The second-order valence-corrected chi connectivity index (χ2v) is 12.3. The van der Waals surface area contributed by atoms with Gasteiger partial charge in [-0.05, 0) is 48.9 Å². The van der Waals surface area contributed by atoms with Crippen LogP contribution in [0.15, 0.2) is 45.1 Å². The number of fused-ring (bicyclic) bond motifs is 1. The topological polar surface area (TPSA) is 92.7 Å². The second kappa shape index (κ2) is 8.24. The third kappa shape index (κ3) is 4.91. The molecule has 0 saturated heterocycles. The lowest BCUT2D eigenvalue weighted by atomic mass is 10.2. The van der Waals surface area contributed by atoms with Crippen molar-refractivity contribution in [3.63, 3.8) is 0 Å². The number of hydrogen-bond acceptors (Lipinski definition) is 5. The Bertz CT molecular complexity index is 1180. The minimum Gasteiger partial charge on any atom is -0.424 e. The van der Waals surface area contributed by atoms with Crippen molar-refractivity contribution in [1.29, 1.82) is 0 Å². The standard InChI is InChI=1S/C16H13BrCl2NO5PS2/c1-9-6-10(2-3-12(9)17)25-26(21,22)8-20-28(23,24)15-7-11-13(18)4-5-14(19)16(11)27-15/h2-7,20H,8H2,1H3,(H,21,22). The summed E-state index contributed by atoms with van der Waals surface area (Å²) in [5, 5.41) is 1.22. The SMILES string of the molecule is Cc1cc(OP(=O)(O)CNS(=O)(=O)c2cc3c(Cl)ccc(Cl)c3s2)ccc1Br. The van der Waals surface area contributed by atoms with Gasteiger partial charge in [-0.3, -0.25) is 0 Å². The van der Waals surface area contributed by atoms with Crippen LogP contribution in [-0.2, 0) is 14.6 Å². The van der Waals surface area contributed by atoms with Gasteiger partial charge in [0.2, 0.25) is 0 Å². The Hall–Kier alpha value is -0.640. The van der Waals surface area contributed by atoms with Gasteiger partial charge in [0.25, 0.3) is 10.0 Å². The highest BCUT2D eigenvalue weighted by Crippen LogP contribution is 2.43. The minimum absolute atomic E-state index is 0.0722. The van der Waals surface area contributed by atoms with E-state index in [1.165, 1.54) is 12.1 Å². The molecule has 0 radical (unpaired) electrons. The first-order valence-electron chi connectivity index (χ1n) is 7.63. The smallest absolute Gasteiger partial charge is 0.391 e. The molecule has 28 heavy (non-hydrogen) atoms. The van der Waals surface area contributed by atoms with Gasteiger partial charge in [-0.25, -0.2) is 13.0 Å². The second-order valence-electron chi connectivity index (χ2n) is 5.78. The van der Waals surface area contributed by atoms with Crippen LogP contribution < -0.4 is 9.25 Å². The molecule has 0 aliphatic heterocycles. The molecule has 0 spiro atoms. The van der Waals surface area contributed by atoms with Gasteiger partial charge in [0.1, 0.15) is 16.2 Å². The third-order valence-corrected chi connectivity index (χ3v) is 9.61. The van der Waals surface area contributed by atoms with E-state index in [1.807, 2.05) is 0 Å². The normalized spacial score (nSPS) is 14.2. The maximum atomic E-state index is 12.5. The number of sulfonamides is 1. The first-order valence-corrected chi connectivity index (χ1v) is 13.2. The van der Waals surface area contributed by atoms with Gasteiger partial charge in [-0.15, -0.1) is 11.3 Å². The monoisotopic (exact) mass is 543 g/mol. The van der Waals surface area contributed by atoms with Crippen LogP contribution in [0.25, 0.3) is 10.1 Å². The number of thiophene rings is 1. The van der Waals surface area contributed by atoms with Crippen molar-refractivity contribution in [1.82, 2.24) is 4.72 Å². The zero-order chi connectivity index (χ0) is 20.7. The molecule has 0 aliphatic carbocycles. The quantitative estimate of drug-likeness (QED) is 0.384. The summed E-state index contributed by atoms with van der Waals surface area (Å²) in [6, 6.07) is 9.25. The van der Waals surface area contributed by atoms with Gasteiger partial charge in [-0.2, -0.15) is 4.72 Å². The van der Waals surface area contributed by atoms with E-state index >= 15 is 0 Å². The van der Waals surface area contributed by atoms with Crippen molar-refractivity contribution in [2.75, 3.05) is 6.29 Å². The van der Waals surface area contributed by atoms with Crippen molar-refractivity contribution >= 4 is 78.2 Å². The zero-order valence-electron chi connectivity index (χ0n) is 14.1. The Labute approximate surface area is 184 Å². The lowest BCUT2D eigenvalue weighted by molar-refractivity contribution is 0.378. The van der Waals surface area contributed by atoms with Crippen LogP contribution in [-0.4, -0.2) is 19.6 Å². The minimum atomic E-state index is -4.27. The van der Waals surface area contributed by atoms with E-state index in [-0.39, 0.29) is 9.96 Å². The first-order chi connectivity index (χ1) is 13.0. The summed E-state index contributed by atoms with van der Waals surface area (Å²) < 4.78 is 45.8. The fraction of sp³-hybridized carbons (Fsp3) is 0.125. The average Bonchev–Trinajstić information content (AvgIpc) is 3.07. The molecule has 3 aromatic rings. The molecule has 1 unspecified atom stereocenters. The summed E-state index contributed by atoms with van der Waals surface area (Å²) in [5.41, 5.74) is 0.803. The fourth-order valence-corrected chi connectivity index (χ4v) is 7.01. The molecule has 12 heteroatoms. The molecule has 0 aliphatic rings. The highest BCUT2D eigenvalue weighted by atomic mass is 79.9. The van der Waals surface area contributed by atoms with Gasteiger partial charge in [0, 0.05) is 14.9 Å². The first kappa shape index (κ1) is 22.1. The molecular formula is C16H13BrCl2NO5PS2. The Morgan fingerprint density at radius 3 is 2.54 bits per heavy atom. The lowest BCUT2D eigenvalue weighted by Crippen LogP contribution is -2.25. The Kier molecular flexibility index (Phi) is 6.49. The van der Waals surface area contributed by atoms with Gasteiger partial charge >= 0.3 is 7.60 Å². The maximum absolute atomic E-state index is 12.5. The summed E-state index contributed by atoms with van der Waals surface area (Å²) in [7, 11) is -8.34. The van der Waals surface area contributed by atoms with Crippen molar-refractivity contribution in [2.24, 2.45) is 0 Å². The molecule has 0 amide bonds. The molecule has 150 valence electrons. The number of benzene rings is 2. The van der Waals surface area contributed by atoms with E-state index < -0.39 is 23.9 Å². The summed E-state index contributed by atoms with van der Waals surface area (Å²) in [4.78, 5) is 10.0. The van der Waals surface area contributed by atoms with Gasteiger partial charge in [0.15, 0.2) is 0 Å². The van der Waals surface area contributed by atoms with Crippen LogP contribution in [0.3, 0.4) is 0 Å². The van der Waals surface area contributed by atoms with Crippen LogP contribution in [0.4, 0.5) is 0 Å². The van der Waals surface area contributed by atoms with Crippen LogP contribution in [0.5, 0.6) is 5.75 Å². The van der Waals surface area contributed by atoms with Crippen molar-refractivity contribution < 1.29 is 22.4 Å². The highest BCUT2D eigenvalue weighted by Gasteiger charge is 2.27. The fourth-order valence-electron chi connectivity index (χ4n) is 2.28. The van der Waals surface area contributed by atoms with Crippen LogP contribution >= 0.6 is 58.1 Å². The molecule has 1 heterocycles. The van der Waals surface area contributed by atoms with Crippen molar-refractivity contribution in [3.8, 4) is 5.75 Å². The number of nitrogens with one attached hydrogen (secondary N) is 1. The van der Waals surface area contributed by atoms with E-state index in [1.54, 1.807) is 31.2 Å². The predicted molar refractivity (Wildman–Crippen MR) is 116 cm³/mol. The maximum Gasteiger partial charge on any atom is 0.391 e. The van der Waals surface area contributed by atoms with E-state index in [2.05, 4.69) is 20.7 Å². The average molecular weight is 545 g/mol. The molecule has 6 nitrogen and oxygen atoms in total. The highest BCUT2D eigenvalue weighted by molar-refractivity contribution is 9.10.